The van der Waals surface area contributed by atoms with E-state index in [4.69, 9.17) is 9.72 Å². The molecule has 0 bridgehead atoms. The molecule has 1 amide bonds. The zero-order valence-corrected chi connectivity index (χ0v) is 18.4. The number of aromatic nitrogens is 5. The second-order valence-corrected chi connectivity index (χ2v) is 8.58. The third-order valence-corrected chi connectivity index (χ3v) is 6.58. The number of nitrogens with zero attached hydrogens (tertiary/aromatic N) is 5. The third kappa shape index (κ3) is 3.68. The van der Waals surface area contributed by atoms with Gasteiger partial charge in [0.15, 0.2) is 5.13 Å². The largest absolute Gasteiger partial charge is 0.378 e. The number of rotatable bonds is 4. The number of aryl methyl sites for hydroxylation is 2. The van der Waals surface area contributed by atoms with Crippen LogP contribution in [0.4, 0.5) is 10.8 Å². The quantitative estimate of drug-likeness (QED) is 0.509. The van der Waals surface area contributed by atoms with Crippen molar-refractivity contribution in [3.63, 3.8) is 0 Å². The second kappa shape index (κ2) is 7.78. The van der Waals surface area contributed by atoms with Crippen molar-refractivity contribution < 1.29 is 9.53 Å². The summed E-state index contributed by atoms with van der Waals surface area (Å²) >= 11 is 1.63. The van der Waals surface area contributed by atoms with E-state index in [1.807, 2.05) is 43.8 Å². The first kappa shape index (κ1) is 19.7. The molecular formula is C21H23N7O2S. The monoisotopic (exact) mass is 437 g/mol. The molecule has 1 aromatic carbocycles. The van der Waals surface area contributed by atoms with Crippen LogP contribution in [-0.4, -0.2) is 57.2 Å². The van der Waals surface area contributed by atoms with E-state index in [9.17, 15) is 4.79 Å². The minimum absolute atomic E-state index is 0.241. The highest BCUT2D eigenvalue weighted by Crippen LogP contribution is 2.31. The van der Waals surface area contributed by atoms with Crippen LogP contribution >= 0.6 is 11.3 Å². The molecule has 2 N–H and O–H groups in total. The Kier molecular flexibility index (Phi) is 4.95. The first-order valence-corrected chi connectivity index (χ1v) is 10.9. The molecule has 3 aromatic heterocycles. The molecule has 1 aliphatic heterocycles. The number of H-pyrrole nitrogens is 1. The van der Waals surface area contributed by atoms with Gasteiger partial charge in [0.2, 0.25) is 0 Å². The van der Waals surface area contributed by atoms with Crippen molar-refractivity contribution >= 4 is 38.3 Å². The fourth-order valence-corrected chi connectivity index (χ4v) is 4.85. The van der Waals surface area contributed by atoms with Crippen molar-refractivity contribution in [3.05, 3.63) is 41.3 Å². The van der Waals surface area contributed by atoms with Crippen molar-refractivity contribution in [1.82, 2.24) is 25.0 Å². The molecule has 4 aromatic rings. The number of carbonyl (C=O) groups excluding carboxylic acids is 1. The van der Waals surface area contributed by atoms with Crippen LogP contribution in [0.5, 0.6) is 0 Å². The lowest BCUT2D eigenvalue weighted by atomic mass is 10.1. The zero-order valence-electron chi connectivity index (χ0n) is 17.6. The normalized spacial score (nSPS) is 14.4. The Balaban J connectivity index is 1.35. The molecule has 5 rings (SSSR count). The topological polar surface area (TPSA) is 101 Å². The summed E-state index contributed by atoms with van der Waals surface area (Å²) in [6.07, 6.45) is 0. The molecule has 10 heteroatoms. The first-order chi connectivity index (χ1) is 15.0. The Morgan fingerprint density at radius 1 is 1.23 bits per heavy atom. The van der Waals surface area contributed by atoms with E-state index in [1.54, 1.807) is 17.4 Å². The first-order valence-electron chi connectivity index (χ1n) is 10.1. The van der Waals surface area contributed by atoms with E-state index in [0.717, 1.165) is 64.3 Å². The van der Waals surface area contributed by atoms with Crippen LogP contribution in [0.15, 0.2) is 24.3 Å². The number of amides is 1. The highest BCUT2D eigenvalue weighted by Gasteiger charge is 2.18. The van der Waals surface area contributed by atoms with Crippen molar-refractivity contribution in [2.75, 3.05) is 36.5 Å². The summed E-state index contributed by atoms with van der Waals surface area (Å²) in [5.41, 5.74) is 5.58. The van der Waals surface area contributed by atoms with Crippen LogP contribution < -0.4 is 10.2 Å². The molecule has 0 atom stereocenters. The van der Waals surface area contributed by atoms with Crippen molar-refractivity contribution in [3.8, 4) is 11.3 Å². The highest BCUT2D eigenvalue weighted by molar-refractivity contribution is 7.22. The van der Waals surface area contributed by atoms with Gasteiger partial charge in [-0.1, -0.05) is 11.3 Å². The average molecular weight is 438 g/mol. The molecule has 1 fully saturated rings. The van der Waals surface area contributed by atoms with Crippen LogP contribution in [0, 0.1) is 13.8 Å². The van der Waals surface area contributed by atoms with E-state index in [1.165, 1.54) is 0 Å². The fourth-order valence-electron chi connectivity index (χ4n) is 3.79. The minimum Gasteiger partial charge on any atom is -0.378 e. The number of anilines is 2. The molecule has 1 saturated heterocycles. The van der Waals surface area contributed by atoms with Crippen molar-refractivity contribution in [2.45, 2.75) is 13.8 Å². The number of nitrogens with one attached hydrogen (secondary N) is 2. The molecule has 4 heterocycles. The molecule has 0 radical (unpaired) electrons. The lowest BCUT2D eigenvalue weighted by Crippen LogP contribution is -2.36. The van der Waals surface area contributed by atoms with Gasteiger partial charge in [-0.15, -0.1) is 0 Å². The summed E-state index contributed by atoms with van der Waals surface area (Å²) in [7, 11) is 1.89. The number of thiazole rings is 1. The molecule has 0 saturated carbocycles. The number of hydrogen-bond donors (Lipinski definition) is 2. The summed E-state index contributed by atoms with van der Waals surface area (Å²) in [6, 6.07) is 7.53. The fraction of sp³-hybridized carbons (Fsp3) is 0.333. The van der Waals surface area contributed by atoms with Gasteiger partial charge in [-0.05, 0) is 38.1 Å². The summed E-state index contributed by atoms with van der Waals surface area (Å²) in [5.74, 6) is -0.241. The average Bonchev–Trinajstić information content (AvgIpc) is 3.46. The molecule has 9 nitrogen and oxygen atoms in total. The van der Waals surface area contributed by atoms with Crippen LogP contribution in [-0.2, 0) is 11.8 Å². The van der Waals surface area contributed by atoms with Gasteiger partial charge in [0.05, 0.1) is 34.8 Å². The Labute approximate surface area is 183 Å². The van der Waals surface area contributed by atoms with Crippen LogP contribution in [0.25, 0.3) is 21.5 Å². The molecule has 1 aliphatic rings. The highest BCUT2D eigenvalue weighted by atomic mass is 32.1. The van der Waals surface area contributed by atoms with Crippen molar-refractivity contribution in [1.29, 1.82) is 0 Å². The Bertz CT molecular complexity index is 1270. The Hall–Kier alpha value is -3.24. The lowest BCUT2D eigenvalue weighted by molar-refractivity contribution is 0.102. The molecule has 0 spiro atoms. The standard InChI is InChI=1S/C21H23N7O2S/c1-12-19(13(2)27(3)26-12)16-11-17(25-24-16)20(29)22-14-4-5-15-18(10-14)31-21(23-15)28-6-8-30-9-7-28/h4-5,10-11H,6-9H2,1-3H3,(H,22,29)(H,24,25). The lowest BCUT2D eigenvalue weighted by Gasteiger charge is -2.25. The predicted molar refractivity (Wildman–Crippen MR) is 121 cm³/mol. The number of benzene rings is 1. The van der Waals surface area contributed by atoms with Gasteiger partial charge in [-0.2, -0.15) is 10.2 Å². The number of ether oxygens (including phenoxy) is 1. The van der Waals surface area contributed by atoms with Gasteiger partial charge in [-0.25, -0.2) is 4.98 Å². The van der Waals surface area contributed by atoms with Crippen LogP contribution in [0.3, 0.4) is 0 Å². The van der Waals surface area contributed by atoms with E-state index in [2.05, 4.69) is 25.5 Å². The van der Waals surface area contributed by atoms with E-state index < -0.39 is 0 Å². The molecule has 0 aliphatic carbocycles. The van der Waals surface area contributed by atoms with Crippen LogP contribution in [0.2, 0.25) is 0 Å². The van der Waals surface area contributed by atoms with Gasteiger partial charge in [0, 0.05) is 37.1 Å². The smallest absolute Gasteiger partial charge is 0.273 e. The van der Waals surface area contributed by atoms with Gasteiger partial charge in [0.25, 0.3) is 5.91 Å². The van der Waals surface area contributed by atoms with Crippen LogP contribution in [0.1, 0.15) is 21.9 Å². The second-order valence-electron chi connectivity index (χ2n) is 7.57. The van der Waals surface area contributed by atoms with Gasteiger partial charge >= 0.3 is 0 Å². The summed E-state index contributed by atoms with van der Waals surface area (Å²) < 4.78 is 8.27. The summed E-state index contributed by atoms with van der Waals surface area (Å²) in [6.45, 7) is 7.07. The van der Waals surface area contributed by atoms with Gasteiger partial charge < -0.3 is 15.0 Å². The third-order valence-electron chi connectivity index (χ3n) is 5.50. The number of fused-ring (bicyclic) bond motifs is 1. The number of aromatic amines is 1. The maximum absolute atomic E-state index is 12.8. The van der Waals surface area contributed by atoms with E-state index in [-0.39, 0.29) is 5.91 Å². The van der Waals surface area contributed by atoms with E-state index in [0.29, 0.717) is 11.4 Å². The molecule has 31 heavy (non-hydrogen) atoms. The zero-order chi connectivity index (χ0) is 21.5. The Morgan fingerprint density at radius 2 is 2.03 bits per heavy atom. The number of carbonyl (C=O) groups is 1. The minimum atomic E-state index is -0.241. The molecular weight excluding hydrogens is 414 g/mol. The number of morpholine rings is 1. The maximum atomic E-state index is 12.8. The summed E-state index contributed by atoms with van der Waals surface area (Å²) in [4.78, 5) is 19.7. The predicted octanol–water partition coefficient (Wildman–Crippen LogP) is 3.13. The van der Waals surface area contributed by atoms with Crippen molar-refractivity contribution in [2.24, 2.45) is 7.05 Å². The Morgan fingerprint density at radius 3 is 2.77 bits per heavy atom. The summed E-state index contributed by atoms with van der Waals surface area (Å²) in [5, 5.41) is 15.5. The SMILES string of the molecule is Cc1nn(C)c(C)c1-c1cc(C(=O)Nc2ccc3nc(N4CCOCC4)sc3c2)[nH]n1. The molecule has 160 valence electrons. The molecule has 0 unspecified atom stereocenters. The maximum Gasteiger partial charge on any atom is 0.273 e. The number of hydrogen-bond acceptors (Lipinski definition) is 7. The van der Waals surface area contributed by atoms with E-state index >= 15 is 0 Å². The van der Waals surface area contributed by atoms with Gasteiger partial charge in [-0.3, -0.25) is 14.6 Å². The van der Waals surface area contributed by atoms with Gasteiger partial charge in [0.1, 0.15) is 5.69 Å².